The number of fused-ring (bicyclic) bond motifs is 1. The summed E-state index contributed by atoms with van der Waals surface area (Å²) in [5.41, 5.74) is 5.91. The van der Waals surface area contributed by atoms with Crippen molar-refractivity contribution in [1.82, 2.24) is 9.97 Å². The molecule has 0 bridgehead atoms. The van der Waals surface area contributed by atoms with Gasteiger partial charge in [0, 0.05) is 18.6 Å². The van der Waals surface area contributed by atoms with Crippen LogP contribution in [-0.2, 0) is 24.7 Å². The molecular weight excluding hydrogens is 232 g/mol. The molecule has 0 atom stereocenters. The zero-order chi connectivity index (χ0) is 13.3. The quantitative estimate of drug-likeness (QED) is 0.835. The van der Waals surface area contributed by atoms with Crippen molar-refractivity contribution in [2.24, 2.45) is 0 Å². The Balaban J connectivity index is 1.77. The first-order valence-electron chi connectivity index (χ1n) is 7.02. The summed E-state index contributed by atoms with van der Waals surface area (Å²) in [6, 6.07) is 6.99. The van der Waals surface area contributed by atoms with E-state index in [1.807, 2.05) is 6.20 Å². The van der Waals surface area contributed by atoms with Crippen LogP contribution in [0.3, 0.4) is 0 Å². The van der Waals surface area contributed by atoms with Gasteiger partial charge in [-0.2, -0.15) is 0 Å². The Labute approximate surface area is 114 Å². The molecule has 2 nitrogen and oxygen atoms in total. The second-order valence-corrected chi connectivity index (χ2v) is 6.07. The summed E-state index contributed by atoms with van der Waals surface area (Å²) in [6.07, 6.45) is 9.86. The molecule has 0 radical (unpaired) electrons. The Morgan fingerprint density at radius 2 is 2.05 bits per heavy atom. The lowest BCUT2D eigenvalue weighted by Crippen LogP contribution is -2.12. The summed E-state index contributed by atoms with van der Waals surface area (Å²) >= 11 is 0. The number of nitrogens with zero attached hydrogens (tertiary/aromatic N) is 2. The molecule has 2 heteroatoms. The van der Waals surface area contributed by atoms with Crippen LogP contribution in [-0.4, -0.2) is 9.97 Å². The van der Waals surface area contributed by atoms with Crippen LogP contribution >= 0.6 is 0 Å². The van der Waals surface area contributed by atoms with Crippen LogP contribution in [0.1, 0.15) is 42.7 Å². The molecule has 1 aromatic carbocycles. The lowest BCUT2D eigenvalue weighted by Gasteiger charge is -2.19. The molecule has 1 heterocycles. The van der Waals surface area contributed by atoms with Crippen LogP contribution in [0, 0.1) is 0 Å². The monoisotopic (exact) mass is 252 g/mol. The second kappa shape index (κ2) is 4.76. The molecule has 1 aliphatic carbocycles. The average molecular weight is 252 g/mol. The van der Waals surface area contributed by atoms with Gasteiger partial charge in [-0.15, -0.1) is 0 Å². The van der Waals surface area contributed by atoms with E-state index in [9.17, 15) is 0 Å². The van der Waals surface area contributed by atoms with E-state index in [1.54, 1.807) is 18.0 Å². The zero-order valence-electron chi connectivity index (χ0n) is 11.7. The number of hydrogen-bond acceptors (Lipinski definition) is 2. The smallest absolute Gasteiger partial charge is 0.0589 e. The van der Waals surface area contributed by atoms with Crippen LogP contribution in [0.2, 0.25) is 0 Å². The highest BCUT2D eigenvalue weighted by molar-refractivity contribution is 5.41. The van der Waals surface area contributed by atoms with Gasteiger partial charge in [0.15, 0.2) is 0 Å². The fourth-order valence-corrected chi connectivity index (χ4v) is 2.94. The first-order chi connectivity index (χ1) is 9.15. The molecule has 0 amide bonds. The topological polar surface area (TPSA) is 25.8 Å². The lowest BCUT2D eigenvalue weighted by atomic mass is 9.85. The molecule has 0 fully saturated rings. The highest BCUT2D eigenvalue weighted by Crippen LogP contribution is 2.38. The normalized spacial score (nSPS) is 16.3. The molecule has 0 saturated heterocycles. The fraction of sp³-hybridized carbons (Fsp3) is 0.412. The van der Waals surface area contributed by atoms with Gasteiger partial charge in [-0.1, -0.05) is 32.0 Å². The van der Waals surface area contributed by atoms with Gasteiger partial charge in [0.1, 0.15) is 0 Å². The summed E-state index contributed by atoms with van der Waals surface area (Å²) in [5.74, 6) is 0. The average Bonchev–Trinajstić information content (AvgIpc) is 2.73. The van der Waals surface area contributed by atoms with Crippen molar-refractivity contribution in [3.05, 3.63) is 59.2 Å². The second-order valence-electron chi connectivity index (χ2n) is 6.07. The molecular formula is C17H20N2. The van der Waals surface area contributed by atoms with E-state index in [-0.39, 0.29) is 0 Å². The first-order valence-corrected chi connectivity index (χ1v) is 7.02. The Bertz CT molecular complexity index is 573. The van der Waals surface area contributed by atoms with Crippen molar-refractivity contribution in [2.45, 2.75) is 44.9 Å². The van der Waals surface area contributed by atoms with Gasteiger partial charge >= 0.3 is 0 Å². The molecule has 19 heavy (non-hydrogen) atoms. The van der Waals surface area contributed by atoms with Crippen molar-refractivity contribution in [3.8, 4) is 0 Å². The molecule has 0 aliphatic heterocycles. The van der Waals surface area contributed by atoms with Gasteiger partial charge in [0.05, 0.1) is 5.69 Å². The van der Waals surface area contributed by atoms with E-state index in [1.165, 1.54) is 24.0 Å². The fourth-order valence-electron chi connectivity index (χ4n) is 2.94. The van der Waals surface area contributed by atoms with Crippen molar-refractivity contribution in [3.63, 3.8) is 0 Å². The van der Waals surface area contributed by atoms with Crippen LogP contribution < -0.4 is 0 Å². The van der Waals surface area contributed by atoms with Crippen molar-refractivity contribution in [2.75, 3.05) is 0 Å². The standard InChI is InChI=1S/C17H20N2/c1-17(2)8-7-14-5-3-13(11-16(14)17)4-6-15-12-18-9-10-19-15/h3,5,9-12H,4,6-8H2,1-2H3. The molecule has 1 aliphatic rings. The molecule has 0 saturated carbocycles. The van der Waals surface area contributed by atoms with Gasteiger partial charge in [-0.3, -0.25) is 9.97 Å². The molecule has 0 spiro atoms. The molecule has 0 unspecified atom stereocenters. The first kappa shape index (κ1) is 12.3. The largest absolute Gasteiger partial charge is 0.261 e. The number of aryl methyl sites for hydroxylation is 3. The van der Waals surface area contributed by atoms with E-state index < -0.39 is 0 Å². The predicted molar refractivity (Wildman–Crippen MR) is 77.2 cm³/mol. The van der Waals surface area contributed by atoms with Gasteiger partial charge in [-0.05, 0) is 47.8 Å². The Kier molecular flexibility index (Phi) is 3.09. The van der Waals surface area contributed by atoms with Gasteiger partial charge in [-0.25, -0.2) is 0 Å². The zero-order valence-corrected chi connectivity index (χ0v) is 11.7. The van der Waals surface area contributed by atoms with Crippen molar-refractivity contribution in [1.29, 1.82) is 0 Å². The Morgan fingerprint density at radius 1 is 1.16 bits per heavy atom. The predicted octanol–water partition coefficient (Wildman–Crippen LogP) is 3.49. The van der Waals surface area contributed by atoms with Gasteiger partial charge < -0.3 is 0 Å². The maximum absolute atomic E-state index is 4.33. The lowest BCUT2D eigenvalue weighted by molar-refractivity contribution is 0.522. The van der Waals surface area contributed by atoms with Crippen molar-refractivity contribution >= 4 is 0 Å². The van der Waals surface area contributed by atoms with Crippen LogP contribution in [0.4, 0.5) is 0 Å². The number of hydrogen-bond donors (Lipinski definition) is 0. The molecule has 2 aromatic rings. The summed E-state index contributed by atoms with van der Waals surface area (Å²) < 4.78 is 0. The van der Waals surface area contributed by atoms with Crippen LogP contribution in [0.15, 0.2) is 36.8 Å². The highest BCUT2D eigenvalue weighted by atomic mass is 14.8. The van der Waals surface area contributed by atoms with E-state index in [4.69, 9.17) is 0 Å². The van der Waals surface area contributed by atoms with Crippen molar-refractivity contribution < 1.29 is 0 Å². The minimum atomic E-state index is 0.345. The van der Waals surface area contributed by atoms with Gasteiger partial charge in [0.2, 0.25) is 0 Å². The van der Waals surface area contributed by atoms with E-state index >= 15 is 0 Å². The Hall–Kier alpha value is -1.70. The SMILES string of the molecule is CC1(C)CCc2ccc(CCc3cnccn3)cc21. The molecule has 1 aromatic heterocycles. The number of benzene rings is 1. The number of rotatable bonds is 3. The summed E-state index contributed by atoms with van der Waals surface area (Å²) in [6.45, 7) is 4.70. The van der Waals surface area contributed by atoms with E-state index in [2.05, 4.69) is 42.0 Å². The maximum atomic E-state index is 4.33. The van der Waals surface area contributed by atoms with Crippen LogP contribution in [0.5, 0.6) is 0 Å². The minimum Gasteiger partial charge on any atom is -0.261 e. The molecule has 3 rings (SSSR count). The third-order valence-electron chi connectivity index (χ3n) is 4.21. The van der Waals surface area contributed by atoms with Crippen LogP contribution in [0.25, 0.3) is 0 Å². The minimum absolute atomic E-state index is 0.345. The highest BCUT2D eigenvalue weighted by Gasteiger charge is 2.29. The van der Waals surface area contributed by atoms with E-state index in [0.717, 1.165) is 18.5 Å². The van der Waals surface area contributed by atoms with Gasteiger partial charge in [0.25, 0.3) is 0 Å². The summed E-state index contributed by atoms with van der Waals surface area (Å²) in [4.78, 5) is 8.45. The van der Waals surface area contributed by atoms with E-state index in [0.29, 0.717) is 5.41 Å². The molecule has 0 N–H and O–H groups in total. The number of aromatic nitrogens is 2. The maximum Gasteiger partial charge on any atom is 0.0589 e. The Morgan fingerprint density at radius 3 is 2.84 bits per heavy atom. The third-order valence-corrected chi connectivity index (χ3v) is 4.21. The summed E-state index contributed by atoms with van der Waals surface area (Å²) in [5, 5.41) is 0. The molecule has 98 valence electrons. The summed E-state index contributed by atoms with van der Waals surface area (Å²) in [7, 11) is 0. The third kappa shape index (κ3) is 2.53.